The number of carbonyl (C=O) groups excluding carboxylic acids is 2. The molecule has 2 atom stereocenters. The molecule has 2 amide bonds. The highest BCUT2D eigenvalue weighted by Crippen LogP contribution is 2.39. The van der Waals surface area contributed by atoms with Gasteiger partial charge < -0.3 is 10.1 Å². The topological polar surface area (TPSA) is 83.4 Å². The molecule has 0 unspecified atom stereocenters. The fourth-order valence-corrected chi connectivity index (χ4v) is 5.34. The summed E-state index contributed by atoms with van der Waals surface area (Å²) in [5.74, 6) is -2.35. The van der Waals surface area contributed by atoms with Gasteiger partial charge >= 0.3 is 0 Å². The van der Waals surface area contributed by atoms with Crippen molar-refractivity contribution in [3.8, 4) is 5.75 Å². The molecule has 0 radical (unpaired) electrons. The van der Waals surface area contributed by atoms with E-state index >= 15 is 0 Å². The van der Waals surface area contributed by atoms with Gasteiger partial charge in [0.2, 0.25) is 5.91 Å². The Morgan fingerprint density at radius 2 is 1.84 bits per heavy atom. The lowest BCUT2D eigenvalue weighted by atomic mass is 9.98. The summed E-state index contributed by atoms with van der Waals surface area (Å²) in [6.45, 7) is 0. The summed E-state index contributed by atoms with van der Waals surface area (Å²) in [4.78, 5) is 29.5. The third-order valence-electron chi connectivity index (χ3n) is 6.09. The minimum atomic E-state index is -1.08. The fourth-order valence-electron chi connectivity index (χ4n) is 4.15. The minimum Gasteiger partial charge on any atom is -0.497 e. The largest absolute Gasteiger partial charge is 0.497 e. The predicted octanol–water partition coefficient (Wildman–Crippen LogP) is 5.80. The molecule has 3 aromatic rings. The number of thioether (sulfide) groups is 1. The molecule has 11 heteroatoms. The molecule has 2 heterocycles. The molecule has 0 spiro atoms. The van der Waals surface area contributed by atoms with Crippen LogP contribution >= 0.6 is 23.4 Å². The number of hydrogen-bond donors (Lipinski definition) is 1. The Labute approximate surface area is 226 Å². The maximum absolute atomic E-state index is 13.5. The summed E-state index contributed by atoms with van der Waals surface area (Å²) in [5, 5.41) is 9.21. The number of halogens is 3. The summed E-state index contributed by atoms with van der Waals surface area (Å²) >= 11 is 7.24. The molecule has 0 saturated heterocycles. The second kappa shape index (κ2) is 10.9. The van der Waals surface area contributed by atoms with Crippen molar-refractivity contribution in [2.75, 3.05) is 12.4 Å². The zero-order valence-electron chi connectivity index (χ0n) is 20.0. The van der Waals surface area contributed by atoms with Crippen LogP contribution in [0.25, 0.3) is 0 Å². The first kappa shape index (κ1) is 25.9. The summed E-state index contributed by atoms with van der Waals surface area (Å²) in [5.41, 5.74) is 2.76. The first-order chi connectivity index (χ1) is 18.3. The summed E-state index contributed by atoms with van der Waals surface area (Å²) in [6.07, 6.45) is 0.368. The number of hydrogen-bond acceptors (Lipinski definition) is 6. The number of aliphatic imine (C=N–C) groups is 1. The molecule has 5 rings (SSSR count). The van der Waals surface area contributed by atoms with Crippen molar-refractivity contribution in [3.05, 3.63) is 94.5 Å². The number of rotatable bonds is 6. The number of benzene rings is 3. The molecular formula is C27H21ClF2N4O3S. The van der Waals surface area contributed by atoms with Gasteiger partial charge in [0.05, 0.1) is 18.9 Å². The number of ether oxygens (including phenoxy) is 1. The quantitative estimate of drug-likeness (QED) is 0.416. The second-order valence-corrected chi connectivity index (χ2v) is 10.2. The van der Waals surface area contributed by atoms with E-state index in [1.807, 2.05) is 36.4 Å². The smallest absolute Gasteiger partial charge is 0.262 e. The lowest BCUT2D eigenvalue weighted by molar-refractivity contribution is -0.121. The molecule has 38 heavy (non-hydrogen) atoms. The van der Waals surface area contributed by atoms with Gasteiger partial charge in [0.15, 0.2) is 16.8 Å². The molecule has 0 saturated carbocycles. The first-order valence-electron chi connectivity index (χ1n) is 11.6. The Bertz CT molecular complexity index is 1450. The number of amides is 2. The van der Waals surface area contributed by atoms with Crippen molar-refractivity contribution in [1.29, 1.82) is 0 Å². The highest BCUT2D eigenvalue weighted by Gasteiger charge is 2.39. The van der Waals surface area contributed by atoms with Gasteiger partial charge in [-0.05, 0) is 59.7 Å². The van der Waals surface area contributed by atoms with Crippen molar-refractivity contribution in [3.63, 3.8) is 0 Å². The minimum absolute atomic E-state index is 0.0987. The van der Waals surface area contributed by atoms with E-state index in [9.17, 15) is 18.4 Å². The molecule has 0 fully saturated rings. The molecule has 0 aliphatic carbocycles. The van der Waals surface area contributed by atoms with E-state index in [1.54, 1.807) is 24.3 Å². The van der Waals surface area contributed by atoms with Crippen LogP contribution in [0.5, 0.6) is 5.75 Å². The lowest BCUT2D eigenvalue weighted by Gasteiger charge is -2.23. The van der Waals surface area contributed by atoms with Crippen LogP contribution < -0.4 is 10.1 Å². The Kier molecular flexibility index (Phi) is 7.44. The van der Waals surface area contributed by atoms with Crippen LogP contribution in [0.15, 0.2) is 76.8 Å². The van der Waals surface area contributed by atoms with Crippen molar-refractivity contribution in [2.24, 2.45) is 10.1 Å². The molecule has 1 N–H and O–H groups in total. The lowest BCUT2D eigenvalue weighted by Crippen LogP contribution is -2.25. The van der Waals surface area contributed by atoms with Crippen molar-refractivity contribution >= 4 is 51.7 Å². The maximum Gasteiger partial charge on any atom is 0.262 e. The number of hydrazone groups is 1. The van der Waals surface area contributed by atoms with Gasteiger partial charge in [-0.1, -0.05) is 35.5 Å². The van der Waals surface area contributed by atoms with Crippen LogP contribution in [0.3, 0.4) is 0 Å². The van der Waals surface area contributed by atoms with E-state index in [0.717, 1.165) is 46.5 Å². The summed E-state index contributed by atoms with van der Waals surface area (Å²) in [6, 6.07) is 17.7. The maximum atomic E-state index is 13.5. The van der Waals surface area contributed by atoms with Gasteiger partial charge in [0.25, 0.3) is 5.91 Å². The molecule has 7 nitrogen and oxygen atoms in total. The number of anilines is 1. The molecular weight excluding hydrogens is 534 g/mol. The van der Waals surface area contributed by atoms with E-state index in [2.05, 4.69) is 10.3 Å². The van der Waals surface area contributed by atoms with E-state index in [4.69, 9.17) is 21.4 Å². The van der Waals surface area contributed by atoms with Gasteiger partial charge in [0.1, 0.15) is 11.0 Å². The molecule has 0 bridgehead atoms. The molecule has 194 valence electrons. The molecule has 2 aliphatic rings. The predicted molar refractivity (Wildman–Crippen MR) is 144 cm³/mol. The Morgan fingerprint density at radius 1 is 1.11 bits per heavy atom. The van der Waals surface area contributed by atoms with Gasteiger partial charge in [-0.15, -0.1) is 0 Å². The molecule has 3 aromatic carbocycles. The van der Waals surface area contributed by atoms with E-state index in [-0.39, 0.29) is 18.2 Å². The number of amidine groups is 1. The monoisotopic (exact) mass is 554 g/mol. The number of carbonyl (C=O) groups is 2. The van der Waals surface area contributed by atoms with Crippen LogP contribution in [0.2, 0.25) is 5.02 Å². The zero-order valence-corrected chi connectivity index (χ0v) is 21.6. The van der Waals surface area contributed by atoms with Crippen molar-refractivity contribution in [2.45, 2.75) is 24.1 Å². The van der Waals surface area contributed by atoms with E-state index in [0.29, 0.717) is 16.6 Å². The molecule has 2 aliphatic heterocycles. The fraction of sp³-hybridized carbons (Fsp3) is 0.185. The highest BCUT2D eigenvalue weighted by atomic mass is 35.5. The average molecular weight is 555 g/mol. The summed E-state index contributed by atoms with van der Waals surface area (Å²) < 4.78 is 31.9. The number of methoxy groups -OCH3 is 1. The van der Waals surface area contributed by atoms with Gasteiger partial charge in [-0.3, -0.25) is 9.59 Å². The van der Waals surface area contributed by atoms with Crippen LogP contribution in [-0.2, 0) is 9.59 Å². The second-order valence-electron chi connectivity index (χ2n) is 8.61. The first-order valence-corrected chi connectivity index (χ1v) is 12.9. The number of nitrogens with zero attached hydrogens (tertiary/aromatic N) is 3. The van der Waals surface area contributed by atoms with Crippen LogP contribution in [0.4, 0.5) is 14.5 Å². The third kappa shape index (κ3) is 5.56. The average Bonchev–Trinajstić information content (AvgIpc) is 3.51. The number of nitrogens with one attached hydrogen (secondary N) is 1. The van der Waals surface area contributed by atoms with Crippen LogP contribution in [0.1, 0.15) is 30.0 Å². The normalized spacial score (nSPS) is 18.8. The van der Waals surface area contributed by atoms with Gasteiger partial charge in [0, 0.05) is 29.6 Å². The van der Waals surface area contributed by atoms with Crippen LogP contribution in [-0.4, -0.2) is 40.1 Å². The van der Waals surface area contributed by atoms with Crippen molar-refractivity contribution < 1.29 is 23.1 Å². The Hall–Kier alpha value is -3.76. The standard InChI is InChI=1S/C27H21ClF2N4O3S/c1-37-19-9-4-15(5-10-19)22-13-23(16-2-6-17(28)7-3-16)34(33-22)27-32-26(36)24(38-27)14-25(35)31-18-8-11-20(29)21(30)12-18/h2-12,23-24H,13-14H2,1H3,(H,31,35)/t23-,24+/m0/s1. The highest BCUT2D eigenvalue weighted by molar-refractivity contribution is 8.15. The molecule has 0 aromatic heterocycles. The van der Waals surface area contributed by atoms with Crippen molar-refractivity contribution in [1.82, 2.24) is 5.01 Å². The SMILES string of the molecule is COc1ccc(C2=NN(C3=NC(=O)[C@@H](CC(=O)Nc4ccc(F)c(F)c4)S3)[C@H](c3ccc(Cl)cc3)C2)cc1. The van der Waals surface area contributed by atoms with E-state index in [1.165, 1.54) is 6.07 Å². The Morgan fingerprint density at radius 3 is 2.53 bits per heavy atom. The van der Waals surface area contributed by atoms with Crippen LogP contribution in [0, 0.1) is 11.6 Å². The summed E-state index contributed by atoms with van der Waals surface area (Å²) in [7, 11) is 1.60. The third-order valence-corrected chi connectivity index (χ3v) is 7.48. The van der Waals surface area contributed by atoms with Gasteiger partial charge in [-0.25, -0.2) is 13.8 Å². The van der Waals surface area contributed by atoms with E-state index < -0.39 is 28.7 Å². The van der Waals surface area contributed by atoms with Gasteiger partial charge in [-0.2, -0.15) is 10.1 Å². The Balaban J connectivity index is 1.34. The zero-order chi connectivity index (χ0) is 26.8.